The first-order valence-electron chi connectivity index (χ1n) is 9.44. The third-order valence-corrected chi connectivity index (χ3v) is 4.75. The molecule has 0 spiro atoms. The maximum atomic E-state index is 13.0. The Kier molecular flexibility index (Phi) is 5.96. The lowest BCUT2D eigenvalue weighted by molar-refractivity contribution is -0.158. The minimum Gasteiger partial charge on any atom is -0.451 e. The van der Waals surface area contributed by atoms with E-state index in [-0.39, 0.29) is 11.1 Å². The Morgan fingerprint density at radius 3 is 1.97 bits per heavy atom. The van der Waals surface area contributed by atoms with Crippen LogP contribution in [0.5, 0.6) is 0 Å². The monoisotopic (exact) mass is 412 g/mol. The van der Waals surface area contributed by atoms with Crippen LogP contribution >= 0.6 is 0 Å². The summed E-state index contributed by atoms with van der Waals surface area (Å²) in [7, 11) is 0. The van der Waals surface area contributed by atoms with Crippen LogP contribution in [-0.4, -0.2) is 40.7 Å². The first kappa shape index (κ1) is 21.2. The fourth-order valence-electron chi connectivity index (χ4n) is 3.21. The number of esters is 1. The number of carbonyl (C=O) groups excluding carboxylic acids is 4. The van der Waals surface area contributed by atoms with Gasteiger partial charge in [-0.2, -0.15) is 0 Å². The molecule has 0 aliphatic carbocycles. The van der Waals surface area contributed by atoms with Gasteiger partial charge in [0.1, 0.15) is 11.9 Å². The number of fused-ring (bicyclic) bond motifs is 1. The number of hydrogen-bond donors (Lipinski definition) is 1. The van der Waals surface area contributed by atoms with E-state index >= 15 is 0 Å². The van der Waals surface area contributed by atoms with Crippen molar-refractivity contribution in [2.24, 2.45) is 5.92 Å². The molecule has 0 bridgehead atoms. The SMILES string of the molecule is CC(C)[C@H](C(=O)O[C@@H](C)C(=O)Nc1ccc(F)cc1)N1C(=O)c2ccccc2C1=O. The summed E-state index contributed by atoms with van der Waals surface area (Å²) in [5.74, 6) is -3.52. The van der Waals surface area contributed by atoms with Crippen molar-refractivity contribution in [1.29, 1.82) is 0 Å². The summed E-state index contributed by atoms with van der Waals surface area (Å²) >= 11 is 0. The van der Waals surface area contributed by atoms with Gasteiger partial charge in [-0.3, -0.25) is 19.3 Å². The van der Waals surface area contributed by atoms with Crippen molar-refractivity contribution in [2.45, 2.75) is 32.9 Å². The van der Waals surface area contributed by atoms with E-state index < -0.39 is 47.6 Å². The second kappa shape index (κ2) is 8.44. The number of benzene rings is 2. The molecule has 0 saturated heterocycles. The number of imide groups is 1. The fraction of sp³-hybridized carbons (Fsp3) is 0.273. The zero-order valence-corrected chi connectivity index (χ0v) is 16.7. The molecule has 30 heavy (non-hydrogen) atoms. The lowest BCUT2D eigenvalue weighted by Gasteiger charge is -2.28. The van der Waals surface area contributed by atoms with Gasteiger partial charge >= 0.3 is 5.97 Å². The van der Waals surface area contributed by atoms with Crippen molar-refractivity contribution in [1.82, 2.24) is 4.90 Å². The number of nitrogens with zero attached hydrogens (tertiary/aromatic N) is 1. The molecule has 0 unspecified atom stereocenters. The molecule has 1 heterocycles. The number of halogens is 1. The lowest BCUT2D eigenvalue weighted by Crippen LogP contribution is -2.50. The number of anilines is 1. The molecule has 0 radical (unpaired) electrons. The second-order valence-electron chi connectivity index (χ2n) is 7.29. The molecular weight excluding hydrogens is 391 g/mol. The van der Waals surface area contributed by atoms with Crippen LogP contribution in [-0.2, 0) is 14.3 Å². The van der Waals surface area contributed by atoms with E-state index in [1.54, 1.807) is 26.0 Å². The number of nitrogens with one attached hydrogen (secondary N) is 1. The highest BCUT2D eigenvalue weighted by molar-refractivity contribution is 6.22. The van der Waals surface area contributed by atoms with E-state index in [9.17, 15) is 23.6 Å². The number of ether oxygens (including phenoxy) is 1. The van der Waals surface area contributed by atoms with Crippen molar-refractivity contribution < 1.29 is 28.3 Å². The van der Waals surface area contributed by atoms with E-state index in [4.69, 9.17) is 4.74 Å². The molecule has 1 N–H and O–H groups in total. The molecule has 156 valence electrons. The highest BCUT2D eigenvalue weighted by Gasteiger charge is 2.45. The molecule has 0 fully saturated rings. The van der Waals surface area contributed by atoms with Crippen LogP contribution in [0.3, 0.4) is 0 Å². The van der Waals surface area contributed by atoms with Crippen molar-refractivity contribution in [2.75, 3.05) is 5.32 Å². The summed E-state index contributed by atoms with van der Waals surface area (Å²) in [5, 5.41) is 2.51. The summed E-state index contributed by atoms with van der Waals surface area (Å²) in [4.78, 5) is 51.5. The van der Waals surface area contributed by atoms with Crippen LogP contribution in [0.15, 0.2) is 48.5 Å². The van der Waals surface area contributed by atoms with Crippen molar-refractivity contribution >= 4 is 29.4 Å². The smallest absolute Gasteiger partial charge is 0.330 e. The van der Waals surface area contributed by atoms with E-state index in [2.05, 4.69) is 5.32 Å². The molecule has 2 aromatic carbocycles. The van der Waals surface area contributed by atoms with E-state index in [0.29, 0.717) is 5.69 Å². The van der Waals surface area contributed by atoms with Crippen LogP contribution in [0.2, 0.25) is 0 Å². The van der Waals surface area contributed by atoms with Gasteiger partial charge in [0, 0.05) is 5.69 Å². The van der Waals surface area contributed by atoms with Crippen LogP contribution < -0.4 is 5.32 Å². The lowest BCUT2D eigenvalue weighted by atomic mass is 10.0. The summed E-state index contributed by atoms with van der Waals surface area (Å²) < 4.78 is 18.3. The normalized spacial score (nSPS) is 15.0. The Morgan fingerprint density at radius 2 is 1.47 bits per heavy atom. The van der Waals surface area contributed by atoms with Gasteiger partial charge in [-0.1, -0.05) is 26.0 Å². The minimum atomic E-state index is -1.20. The van der Waals surface area contributed by atoms with Crippen LogP contribution in [0, 0.1) is 11.7 Å². The molecule has 3 rings (SSSR count). The average Bonchev–Trinajstić information content (AvgIpc) is 2.95. The maximum absolute atomic E-state index is 13.0. The first-order valence-corrected chi connectivity index (χ1v) is 9.44. The van der Waals surface area contributed by atoms with Crippen molar-refractivity contribution in [3.63, 3.8) is 0 Å². The van der Waals surface area contributed by atoms with Crippen molar-refractivity contribution in [3.8, 4) is 0 Å². The zero-order valence-electron chi connectivity index (χ0n) is 16.7. The summed E-state index contributed by atoms with van der Waals surface area (Å²) in [5.41, 5.74) is 0.788. The van der Waals surface area contributed by atoms with E-state index in [1.165, 1.54) is 43.3 Å². The van der Waals surface area contributed by atoms with Gasteiger partial charge in [0.2, 0.25) is 0 Å². The van der Waals surface area contributed by atoms with Gasteiger partial charge in [0.25, 0.3) is 17.7 Å². The van der Waals surface area contributed by atoms with Gasteiger partial charge in [-0.05, 0) is 49.2 Å². The predicted octanol–water partition coefficient (Wildman–Crippen LogP) is 3.02. The molecule has 1 aliphatic rings. The number of amides is 3. The van der Waals surface area contributed by atoms with Gasteiger partial charge in [-0.25, -0.2) is 9.18 Å². The Balaban J connectivity index is 1.73. The number of carbonyl (C=O) groups is 4. The zero-order chi connectivity index (χ0) is 22.0. The standard InChI is InChI=1S/C22H21FN2O5/c1-12(2)18(25-20(27)16-6-4-5-7-17(16)21(25)28)22(29)30-13(3)19(26)24-15-10-8-14(23)9-11-15/h4-13,18H,1-3H3,(H,24,26)/t13-,18+/m0/s1. The van der Waals surface area contributed by atoms with E-state index in [1.807, 2.05) is 0 Å². The Morgan fingerprint density at radius 1 is 0.933 bits per heavy atom. The van der Waals surface area contributed by atoms with Crippen LogP contribution in [0.25, 0.3) is 0 Å². The highest BCUT2D eigenvalue weighted by Crippen LogP contribution is 2.28. The quantitative estimate of drug-likeness (QED) is 0.582. The Bertz CT molecular complexity index is 968. The molecule has 0 aromatic heterocycles. The molecule has 3 amide bonds. The molecule has 2 atom stereocenters. The molecule has 1 aliphatic heterocycles. The average molecular weight is 412 g/mol. The summed E-state index contributed by atoms with van der Waals surface area (Å²) in [6.45, 7) is 4.73. The largest absolute Gasteiger partial charge is 0.451 e. The first-order chi connectivity index (χ1) is 14.2. The molecule has 2 aromatic rings. The minimum absolute atomic E-state index is 0.225. The second-order valence-corrected chi connectivity index (χ2v) is 7.29. The third kappa shape index (κ3) is 4.07. The van der Waals surface area contributed by atoms with Crippen LogP contribution in [0.1, 0.15) is 41.5 Å². The summed E-state index contributed by atoms with van der Waals surface area (Å²) in [6.07, 6.45) is -1.20. The molecule has 7 nitrogen and oxygen atoms in total. The molecular formula is C22H21FN2O5. The maximum Gasteiger partial charge on any atom is 0.330 e. The number of hydrogen-bond acceptors (Lipinski definition) is 5. The highest BCUT2D eigenvalue weighted by atomic mass is 19.1. The topological polar surface area (TPSA) is 92.8 Å². The predicted molar refractivity (Wildman–Crippen MR) is 106 cm³/mol. The number of rotatable bonds is 6. The molecule has 0 saturated carbocycles. The van der Waals surface area contributed by atoms with Crippen LogP contribution in [0.4, 0.5) is 10.1 Å². The Hall–Kier alpha value is -3.55. The van der Waals surface area contributed by atoms with E-state index in [0.717, 1.165) is 4.90 Å². The van der Waals surface area contributed by atoms with Gasteiger partial charge in [-0.15, -0.1) is 0 Å². The van der Waals surface area contributed by atoms with Gasteiger partial charge in [0.05, 0.1) is 11.1 Å². The molecule has 8 heteroatoms. The Labute approximate surface area is 172 Å². The van der Waals surface area contributed by atoms with Gasteiger partial charge in [0.15, 0.2) is 6.10 Å². The van der Waals surface area contributed by atoms with Crippen molar-refractivity contribution in [3.05, 3.63) is 65.5 Å². The third-order valence-electron chi connectivity index (χ3n) is 4.75. The fourth-order valence-corrected chi connectivity index (χ4v) is 3.21. The summed E-state index contributed by atoms with van der Waals surface area (Å²) in [6, 6.07) is 10.3. The van der Waals surface area contributed by atoms with Gasteiger partial charge < -0.3 is 10.1 Å².